The van der Waals surface area contributed by atoms with E-state index in [4.69, 9.17) is 4.74 Å². The summed E-state index contributed by atoms with van der Waals surface area (Å²) in [5, 5.41) is 0. The van der Waals surface area contributed by atoms with Gasteiger partial charge in [-0.25, -0.2) is 9.18 Å². The largest absolute Gasteiger partial charge is 0.447 e. The first kappa shape index (κ1) is 12.5. The molecule has 1 aromatic rings. The Morgan fingerprint density at radius 3 is 2.62 bits per heavy atom. The molecule has 0 heterocycles. The SMILES string of the molecule is CC(C)OC(=O)N(C)Cc1ccccc1F. The minimum absolute atomic E-state index is 0.171. The summed E-state index contributed by atoms with van der Waals surface area (Å²) in [6.07, 6.45) is -0.617. The van der Waals surface area contributed by atoms with Crippen LogP contribution < -0.4 is 0 Å². The number of carbonyl (C=O) groups is 1. The van der Waals surface area contributed by atoms with Crippen LogP contribution in [-0.2, 0) is 11.3 Å². The second kappa shape index (κ2) is 5.49. The Morgan fingerprint density at radius 1 is 1.44 bits per heavy atom. The highest BCUT2D eigenvalue weighted by molar-refractivity contribution is 5.67. The summed E-state index contributed by atoms with van der Waals surface area (Å²) in [4.78, 5) is 12.8. The molecule has 0 N–H and O–H groups in total. The van der Waals surface area contributed by atoms with Crippen LogP contribution in [0.2, 0.25) is 0 Å². The van der Waals surface area contributed by atoms with Gasteiger partial charge in [-0.2, -0.15) is 0 Å². The highest BCUT2D eigenvalue weighted by Gasteiger charge is 2.13. The summed E-state index contributed by atoms with van der Waals surface area (Å²) in [6, 6.07) is 6.37. The first-order valence-electron chi connectivity index (χ1n) is 5.16. The van der Waals surface area contributed by atoms with Crippen LogP contribution in [0.25, 0.3) is 0 Å². The fourth-order valence-corrected chi connectivity index (χ4v) is 1.24. The lowest BCUT2D eigenvalue weighted by molar-refractivity contribution is 0.0820. The minimum Gasteiger partial charge on any atom is -0.447 e. The zero-order valence-electron chi connectivity index (χ0n) is 9.74. The van der Waals surface area contributed by atoms with Crippen molar-refractivity contribution in [3.8, 4) is 0 Å². The van der Waals surface area contributed by atoms with Crippen molar-refractivity contribution in [3.05, 3.63) is 35.6 Å². The molecule has 1 rings (SSSR count). The Kier molecular flexibility index (Phi) is 4.28. The minimum atomic E-state index is -0.446. The first-order valence-corrected chi connectivity index (χ1v) is 5.16. The van der Waals surface area contributed by atoms with Gasteiger partial charge < -0.3 is 9.64 Å². The van der Waals surface area contributed by atoms with Crippen LogP contribution in [0.1, 0.15) is 19.4 Å². The van der Waals surface area contributed by atoms with Gasteiger partial charge in [0.25, 0.3) is 0 Å². The third kappa shape index (κ3) is 3.53. The molecule has 0 fully saturated rings. The van der Waals surface area contributed by atoms with Gasteiger partial charge >= 0.3 is 6.09 Å². The highest BCUT2D eigenvalue weighted by Crippen LogP contribution is 2.09. The number of hydrogen-bond acceptors (Lipinski definition) is 2. The van der Waals surface area contributed by atoms with Gasteiger partial charge in [-0.3, -0.25) is 0 Å². The summed E-state index contributed by atoms with van der Waals surface area (Å²) in [5.74, 6) is -0.313. The Morgan fingerprint density at radius 2 is 2.06 bits per heavy atom. The van der Waals surface area contributed by atoms with Crippen molar-refractivity contribution < 1.29 is 13.9 Å². The van der Waals surface area contributed by atoms with Crippen LogP contribution in [-0.4, -0.2) is 24.1 Å². The fourth-order valence-electron chi connectivity index (χ4n) is 1.24. The van der Waals surface area contributed by atoms with Gasteiger partial charge in [0.2, 0.25) is 0 Å². The van der Waals surface area contributed by atoms with Gasteiger partial charge in [0.1, 0.15) is 5.82 Å². The number of carbonyl (C=O) groups excluding carboxylic acids is 1. The summed E-state index contributed by atoms with van der Waals surface area (Å²) in [7, 11) is 1.58. The Hall–Kier alpha value is -1.58. The highest BCUT2D eigenvalue weighted by atomic mass is 19.1. The molecule has 0 aromatic heterocycles. The van der Waals surface area contributed by atoms with Gasteiger partial charge in [-0.1, -0.05) is 18.2 Å². The average molecular weight is 225 g/mol. The van der Waals surface area contributed by atoms with E-state index in [0.29, 0.717) is 5.56 Å². The standard InChI is InChI=1S/C12H16FNO2/c1-9(2)16-12(15)14(3)8-10-6-4-5-7-11(10)13/h4-7,9H,8H2,1-3H3. The quantitative estimate of drug-likeness (QED) is 0.791. The van der Waals surface area contributed by atoms with Gasteiger partial charge in [0, 0.05) is 12.6 Å². The Balaban J connectivity index is 2.61. The fraction of sp³-hybridized carbons (Fsp3) is 0.417. The summed E-state index contributed by atoms with van der Waals surface area (Å²) >= 11 is 0. The third-order valence-electron chi connectivity index (χ3n) is 2.01. The molecule has 0 spiro atoms. The van der Waals surface area contributed by atoms with E-state index in [2.05, 4.69) is 0 Å². The predicted molar refractivity (Wildman–Crippen MR) is 59.5 cm³/mol. The molecule has 0 atom stereocenters. The summed E-state index contributed by atoms with van der Waals surface area (Å²) in [5.41, 5.74) is 0.478. The maximum absolute atomic E-state index is 13.3. The molecule has 0 unspecified atom stereocenters. The molecule has 1 aromatic carbocycles. The van der Waals surface area contributed by atoms with E-state index >= 15 is 0 Å². The topological polar surface area (TPSA) is 29.5 Å². The van der Waals surface area contributed by atoms with Crippen molar-refractivity contribution in [1.82, 2.24) is 4.90 Å². The van der Waals surface area contributed by atoms with Crippen molar-refractivity contribution in [1.29, 1.82) is 0 Å². The maximum Gasteiger partial charge on any atom is 0.410 e. The maximum atomic E-state index is 13.3. The van der Waals surface area contributed by atoms with E-state index in [1.54, 1.807) is 39.1 Å². The Labute approximate surface area is 94.8 Å². The normalized spacial score (nSPS) is 10.3. The molecule has 1 amide bonds. The van der Waals surface area contributed by atoms with Crippen LogP contribution in [0.5, 0.6) is 0 Å². The van der Waals surface area contributed by atoms with E-state index in [1.807, 2.05) is 0 Å². The van der Waals surface area contributed by atoms with E-state index in [1.165, 1.54) is 11.0 Å². The number of nitrogens with zero attached hydrogens (tertiary/aromatic N) is 1. The number of rotatable bonds is 3. The summed E-state index contributed by atoms with van der Waals surface area (Å²) < 4.78 is 18.3. The molecule has 0 aliphatic rings. The third-order valence-corrected chi connectivity index (χ3v) is 2.01. The lowest BCUT2D eigenvalue weighted by atomic mass is 10.2. The molecule has 0 aliphatic carbocycles. The molecule has 4 heteroatoms. The van der Waals surface area contributed by atoms with Gasteiger partial charge in [0.05, 0.1) is 12.6 Å². The van der Waals surface area contributed by atoms with Crippen LogP contribution in [0.3, 0.4) is 0 Å². The van der Waals surface area contributed by atoms with Crippen molar-refractivity contribution >= 4 is 6.09 Å². The van der Waals surface area contributed by atoms with Gasteiger partial charge in [-0.15, -0.1) is 0 Å². The molecule has 3 nitrogen and oxygen atoms in total. The van der Waals surface area contributed by atoms with Crippen LogP contribution >= 0.6 is 0 Å². The van der Waals surface area contributed by atoms with E-state index in [9.17, 15) is 9.18 Å². The average Bonchev–Trinajstić information content (AvgIpc) is 2.20. The zero-order chi connectivity index (χ0) is 12.1. The molecule has 16 heavy (non-hydrogen) atoms. The van der Waals surface area contributed by atoms with Crippen molar-refractivity contribution in [2.45, 2.75) is 26.5 Å². The van der Waals surface area contributed by atoms with Crippen LogP contribution in [0.4, 0.5) is 9.18 Å². The molecule has 88 valence electrons. The molecule has 0 bridgehead atoms. The predicted octanol–water partition coefficient (Wildman–Crippen LogP) is 2.80. The molecule has 0 radical (unpaired) electrons. The number of ether oxygens (including phenoxy) is 1. The molecule has 0 saturated heterocycles. The number of amides is 1. The number of hydrogen-bond donors (Lipinski definition) is 0. The molecular formula is C12H16FNO2. The lowest BCUT2D eigenvalue weighted by Gasteiger charge is -2.18. The van der Waals surface area contributed by atoms with Crippen molar-refractivity contribution in [2.24, 2.45) is 0 Å². The van der Waals surface area contributed by atoms with Crippen molar-refractivity contribution in [3.63, 3.8) is 0 Å². The molecular weight excluding hydrogens is 209 g/mol. The second-order valence-electron chi connectivity index (χ2n) is 3.88. The second-order valence-corrected chi connectivity index (χ2v) is 3.88. The zero-order valence-corrected chi connectivity index (χ0v) is 9.74. The number of benzene rings is 1. The number of halogens is 1. The molecule has 0 saturated carbocycles. The smallest absolute Gasteiger partial charge is 0.410 e. The van der Waals surface area contributed by atoms with Gasteiger partial charge in [-0.05, 0) is 19.9 Å². The summed E-state index contributed by atoms with van der Waals surface area (Å²) in [6.45, 7) is 3.75. The van der Waals surface area contributed by atoms with E-state index < -0.39 is 6.09 Å². The van der Waals surface area contributed by atoms with E-state index in [0.717, 1.165) is 0 Å². The Bertz CT molecular complexity index is 366. The van der Waals surface area contributed by atoms with Crippen LogP contribution in [0, 0.1) is 5.82 Å². The first-order chi connectivity index (χ1) is 7.50. The lowest BCUT2D eigenvalue weighted by Crippen LogP contribution is -2.29. The van der Waals surface area contributed by atoms with Gasteiger partial charge in [0.15, 0.2) is 0 Å². The van der Waals surface area contributed by atoms with E-state index in [-0.39, 0.29) is 18.5 Å². The van der Waals surface area contributed by atoms with Crippen molar-refractivity contribution in [2.75, 3.05) is 7.05 Å². The monoisotopic (exact) mass is 225 g/mol. The molecule has 0 aliphatic heterocycles. The van der Waals surface area contributed by atoms with Crippen LogP contribution in [0.15, 0.2) is 24.3 Å².